The Morgan fingerprint density at radius 2 is 1.11 bits per heavy atom. The van der Waals surface area contributed by atoms with Crippen LogP contribution in [0.2, 0.25) is 0 Å². The van der Waals surface area contributed by atoms with E-state index in [0.717, 1.165) is 17.0 Å². The number of hydrogen-bond donors (Lipinski definition) is 0. The summed E-state index contributed by atoms with van der Waals surface area (Å²) in [5, 5.41) is 0. The van der Waals surface area contributed by atoms with Gasteiger partial charge in [-0.1, -0.05) is 0 Å². The summed E-state index contributed by atoms with van der Waals surface area (Å²) in [5.74, 6) is 0. The first-order valence-electron chi connectivity index (χ1n) is 11.5. The summed E-state index contributed by atoms with van der Waals surface area (Å²) >= 11 is -1.68. The maximum absolute atomic E-state index is 6.16. The summed E-state index contributed by atoms with van der Waals surface area (Å²) in [6, 6.07) is 0. The zero-order valence-electron chi connectivity index (χ0n) is 17.3. The first-order chi connectivity index (χ1) is 13.1. The molecule has 0 spiro atoms. The zero-order chi connectivity index (χ0) is 19.1. The molecule has 3 rings (SSSR count). The van der Waals surface area contributed by atoms with Crippen molar-refractivity contribution in [3.05, 3.63) is 11.6 Å². The fourth-order valence-electron chi connectivity index (χ4n) is 6.60. The second-order valence-corrected chi connectivity index (χ2v) is 19.7. The Morgan fingerprint density at radius 3 is 1.44 bits per heavy atom. The van der Waals surface area contributed by atoms with Gasteiger partial charge in [-0.05, 0) is 0 Å². The molecule has 0 aromatic carbocycles. The number of rotatable bonds is 6. The molecule has 0 aliphatic heterocycles. The van der Waals surface area contributed by atoms with Crippen LogP contribution in [0.4, 0.5) is 0 Å². The van der Waals surface area contributed by atoms with Crippen molar-refractivity contribution < 1.29 is 13.5 Å². The Labute approximate surface area is 182 Å². The molecule has 3 aliphatic rings. The van der Waals surface area contributed by atoms with Gasteiger partial charge in [-0.25, -0.2) is 0 Å². The van der Waals surface area contributed by atoms with Gasteiger partial charge in [-0.3, -0.25) is 0 Å². The molecular formula is C23H40Cl2PRu+. The third kappa shape index (κ3) is 6.12. The molecule has 0 atom stereocenters. The molecule has 3 fully saturated rings. The van der Waals surface area contributed by atoms with Crippen molar-refractivity contribution in [3.63, 3.8) is 0 Å². The molecule has 0 amide bonds. The van der Waals surface area contributed by atoms with E-state index < -0.39 is 20.8 Å². The standard InChI is InChI=1S/C23H40P.2ClH.Ru/c1-3-20(2)19-24(21-13-7-4-8-14-21,22-15-9-5-10-16-22)23-17-11-6-12-18-23;;;/h1,3,21-23H,4-19H2,2H3;2*1H;/q+1;;;+2/p-2. The van der Waals surface area contributed by atoms with Crippen molar-refractivity contribution in [2.75, 3.05) is 6.16 Å². The van der Waals surface area contributed by atoms with Crippen LogP contribution in [-0.4, -0.2) is 27.7 Å². The number of halogens is 2. The van der Waals surface area contributed by atoms with Gasteiger partial charge in [0, 0.05) is 0 Å². The van der Waals surface area contributed by atoms with Crippen LogP contribution < -0.4 is 0 Å². The fourth-order valence-corrected chi connectivity index (χ4v) is 15.3. The number of allylic oxidation sites excluding steroid dienone is 2. The molecule has 3 saturated carbocycles. The van der Waals surface area contributed by atoms with Gasteiger partial charge >= 0.3 is 183 Å². The average Bonchev–Trinajstić information content (AvgIpc) is 2.72. The van der Waals surface area contributed by atoms with E-state index in [1.54, 1.807) is 44.1 Å². The van der Waals surface area contributed by atoms with Crippen LogP contribution in [-0.2, 0) is 13.5 Å². The molecule has 0 aromatic heterocycles. The van der Waals surface area contributed by atoms with Crippen molar-refractivity contribution in [1.29, 1.82) is 0 Å². The maximum atomic E-state index is 6.16. The van der Waals surface area contributed by atoms with Gasteiger partial charge in [0.2, 0.25) is 0 Å². The van der Waals surface area contributed by atoms with Crippen LogP contribution in [0.5, 0.6) is 0 Å². The van der Waals surface area contributed by atoms with Crippen molar-refractivity contribution >= 4 is 31.3 Å². The molecule has 0 heterocycles. The van der Waals surface area contributed by atoms with E-state index in [9.17, 15) is 0 Å². The second-order valence-electron chi connectivity index (χ2n) is 9.36. The van der Waals surface area contributed by atoms with E-state index >= 15 is 0 Å². The Bertz CT molecular complexity index is 463. The van der Waals surface area contributed by atoms with Crippen molar-refractivity contribution in [2.45, 2.75) is 120 Å². The summed E-state index contributed by atoms with van der Waals surface area (Å²) in [4.78, 5) is 0. The molecule has 158 valence electrons. The van der Waals surface area contributed by atoms with Crippen LogP contribution >= 0.6 is 26.6 Å². The molecule has 0 bridgehead atoms. The van der Waals surface area contributed by atoms with Crippen molar-refractivity contribution in [1.82, 2.24) is 0 Å². The first-order valence-corrected chi connectivity index (χ1v) is 19.1. The van der Waals surface area contributed by atoms with E-state index in [-0.39, 0.29) is 0 Å². The van der Waals surface area contributed by atoms with E-state index in [2.05, 4.69) is 17.6 Å². The molecule has 0 N–H and O–H groups in total. The van der Waals surface area contributed by atoms with Gasteiger partial charge in [0.25, 0.3) is 0 Å². The van der Waals surface area contributed by atoms with Gasteiger partial charge in [-0.15, -0.1) is 0 Å². The molecule has 0 radical (unpaired) electrons. The van der Waals surface area contributed by atoms with Gasteiger partial charge < -0.3 is 0 Å². The Hall–Kier alpha value is 1.24. The van der Waals surface area contributed by atoms with Crippen LogP contribution in [0.3, 0.4) is 0 Å². The fraction of sp³-hybridized carbons (Fsp3) is 0.870. The summed E-state index contributed by atoms with van der Waals surface area (Å²) < 4.78 is 2.14. The third-order valence-electron chi connectivity index (χ3n) is 7.72. The molecule has 0 saturated heterocycles. The van der Waals surface area contributed by atoms with Gasteiger partial charge in [0.15, 0.2) is 0 Å². The molecule has 4 heteroatoms. The minimum atomic E-state index is -1.68. The summed E-state index contributed by atoms with van der Waals surface area (Å²) in [6.45, 7) is 2.39. The monoisotopic (exact) mass is 519 g/mol. The molecule has 0 nitrogen and oxygen atoms in total. The zero-order valence-corrected chi connectivity index (χ0v) is 21.4. The quantitative estimate of drug-likeness (QED) is 0.243. The van der Waals surface area contributed by atoms with Gasteiger partial charge in [0.05, 0.1) is 0 Å². The molecule has 0 unspecified atom stereocenters. The topological polar surface area (TPSA) is 0 Å². The minimum absolute atomic E-state index is 0.997. The Kier molecular flexibility index (Phi) is 9.83. The van der Waals surface area contributed by atoms with Crippen LogP contribution in [0, 0.1) is 0 Å². The van der Waals surface area contributed by atoms with Crippen molar-refractivity contribution in [3.8, 4) is 0 Å². The molecular weight excluding hydrogens is 479 g/mol. The molecule has 3 aliphatic carbocycles. The van der Waals surface area contributed by atoms with Crippen LogP contribution in [0.15, 0.2) is 11.6 Å². The summed E-state index contributed by atoms with van der Waals surface area (Å²) in [5.41, 5.74) is 4.81. The third-order valence-corrected chi connectivity index (χ3v) is 16.2. The SMILES string of the molecule is CC(=C[CH]=[Ru]([Cl])[Cl])C[P+](C1CCCCC1)(C1CCCCC1)C1CCCCC1. The number of hydrogen-bond acceptors (Lipinski definition) is 0. The van der Waals surface area contributed by atoms with Crippen LogP contribution in [0.25, 0.3) is 0 Å². The normalized spacial score (nSPS) is 25.4. The van der Waals surface area contributed by atoms with E-state index in [1.165, 1.54) is 63.9 Å². The summed E-state index contributed by atoms with van der Waals surface area (Å²) in [7, 11) is 11.3. The summed E-state index contributed by atoms with van der Waals surface area (Å²) in [6.07, 6.45) is 26.5. The average molecular weight is 520 g/mol. The Balaban J connectivity index is 1.96. The second kappa shape index (κ2) is 11.6. The Morgan fingerprint density at radius 1 is 0.741 bits per heavy atom. The predicted octanol–water partition coefficient (Wildman–Crippen LogP) is 8.68. The van der Waals surface area contributed by atoms with E-state index in [0.29, 0.717) is 0 Å². The molecule has 27 heavy (non-hydrogen) atoms. The first kappa shape index (κ1) is 22.9. The predicted molar refractivity (Wildman–Crippen MR) is 124 cm³/mol. The van der Waals surface area contributed by atoms with Crippen LogP contribution in [0.1, 0.15) is 103 Å². The molecule has 0 aromatic rings. The van der Waals surface area contributed by atoms with Gasteiger partial charge in [-0.2, -0.15) is 0 Å². The van der Waals surface area contributed by atoms with E-state index in [1.807, 2.05) is 0 Å². The van der Waals surface area contributed by atoms with E-state index in [4.69, 9.17) is 19.4 Å². The van der Waals surface area contributed by atoms with Gasteiger partial charge in [0.1, 0.15) is 0 Å². The van der Waals surface area contributed by atoms with Crippen molar-refractivity contribution in [2.24, 2.45) is 0 Å².